The van der Waals surface area contributed by atoms with Gasteiger partial charge in [-0.2, -0.15) is 0 Å². The average molecular weight is 283 g/mol. The first-order valence-corrected chi connectivity index (χ1v) is 5.60. The third-order valence-electron chi connectivity index (χ3n) is 2.05. The van der Waals surface area contributed by atoms with Gasteiger partial charge in [-0.05, 0) is 52.7 Å². The molecule has 0 radical (unpaired) electrons. The number of hydrogen-bond acceptors (Lipinski definition) is 3. The van der Waals surface area contributed by atoms with Gasteiger partial charge in [-0.25, -0.2) is 0 Å². The minimum atomic E-state index is 0.204. The summed E-state index contributed by atoms with van der Waals surface area (Å²) in [5, 5.41) is 9.38. The van der Waals surface area contributed by atoms with Crippen LogP contribution in [0.3, 0.4) is 0 Å². The Hall–Kier alpha value is -1.42. The molecule has 2 aromatic rings. The second kappa shape index (κ2) is 4.61. The fraction of sp³-hybridized carbons (Fsp3) is 0.167. The molecule has 0 aliphatic heterocycles. The molecule has 0 spiro atoms. The molecule has 2 rings (SSSR count). The van der Waals surface area contributed by atoms with E-state index >= 15 is 0 Å². The largest absolute Gasteiger partial charge is 0.508 e. The Balaban J connectivity index is 2.04. The molecule has 0 amide bonds. The molecule has 0 aliphatic carbocycles. The molecule has 0 aliphatic rings. The molecule has 0 saturated carbocycles. The van der Waals surface area contributed by atoms with Crippen LogP contribution >= 0.6 is 15.9 Å². The van der Waals surface area contributed by atoms with Crippen molar-refractivity contribution in [1.82, 2.24) is 0 Å². The van der Waals surface area contributed by atoms with Gasteiger partial charge in [0.05, 0.1) is 0 Å². The standard InChI is InChI=1S/C12H11BrO3/c1-8-4-9(14)6-11(5-8)15-7-10-2-3-12(13)16-10/h2-6,14H,7H2,1H3. The third kappa shape index (κ3) is 2.79. The summed E-state index contributed by atoms with van der Waals surface area (Å²) in [7, 11) is 0. The van der Waals surface area contributed by atoms with Crippen LogP contribution in [0.5, 0.6) is 11.5 Å². The molecule has 0 saturated heterocycles. The van der Waals surface area contributed by atoms with E-state index in [0.717, 1.165) is 11.3 Å². The summed E-state index contributed by atoms with van der Waals surface area (Å²) >= 11 is 3.22. The fourth-order valence-corrected chi connectivity index (χ4v) is 1.74. The number of phenols is 1. The van der Waals surface area contributed by atoms with Gasteiger partial charge in [0.25, 0.3) is 0 Å². The van der Waals surface area contributed by atoms with Crippen molar-refractivity contribution < 1.29 is 14.3 Å². The molecule has 0 bridgehead atoms. The van der Waals surface area contributed by atoms with Crippen molar-refractivity contribution in [1.29, 1.82) is 0 Å². The van der Waals surface area contributed by atoms with Crippen LogP contribution in [0.15, 0.2) is 39.4 Å². The fourth-order valence-electron chi connectivity index (χ4n) is 1.40. The van der Waals surface area contributed by atoms with Gasteiger partial charge in [0.15, 0.2) is 4.67 Å². The number of ether oxygens (including phenoxy) is 1. The normalized spacial score (nSPS) is 10.4. The molecule has 1 aromatic heterocycles. The van der Waals surface area contributed by atoms with Crippen molar-refractivity contribution in [2.75, 3.05) is 0 Å². The zero-order valence-corrected chi connectivity index (χ0v) is 10.3. The minimum absolute atomic E-state index is 0.204. The SMILES string of the molecule is Cc1cc(O)cc(OCc2ccc(Br)o2)c1. The van der Waals surface area contributed by atoms with Gasteiger partial charge < -0.3 is 14.3 Å². The maximum atomic E-state index is 9.38. The van der Waals surface area contributed by atoms with Gasteiger partial charge in [-0.1, -0.05) is 0 Å². The number of aromatic hydroxyl groups is 1. The van der Waals surface area contributed by atoms with Crippen LogP contribution in [-0.2, 0) is 6.61 Å². The van der Waals surface area contributed by atoms with Gasteiger partial charge in [-0.3, -0.25) is 0 Å². The first-order valence-electron chi connectivity index (χ1n) is 4.81. The maximum absolute atomic E-state index is 9.38. The van der Waals surface area contributed by atoms with E-state index in [4.69, 9.17) is 9.15 Å². The van der Waals surface area contributed by atoms with Crippen LogP contribution in [0.4, 0.5) is 0 Å². The molecule has 4 heteroatoms. The summed E-state index contributed by atoms with van der Waals surface area (Å²) in [4.78, 5) is 0. The number of phenolic OH excluding ortho intramolecular Hbond substituents is 1. The molecule has 3 nitrogen and oxygen atoms in total. The van der Waals surface area contributed by atoms with Crippen LogP contribution in [0.1, 0.15) is 11.3 Å². The van der Waals surface area contributed by atoms with Gasteiger partial charge in [0.2, 0.25) is 0 Å². The number of furan rings is 1. The van der Waals surface area contributed by atoms with Crippen LogP contribution in [-0.4, -0.2) is 5.11 Å². The number of halogens is 1. The predicted octanol–water partition coefficient (Wildman–Crippen LogP) is 3.64. The zero-order chi connectivity index (χ0) is 11.5. The molecular formula is C12H11BrO3. The third-order valence-corrected chi connectivity index (χ3v) is 2.47. The summed E-state index contributed by atoms with van der Waals surface area (Å²) in [6.45, 7) is 2.24. The number of rotatable bonds is 3. The maximum Gasteiger partial charge on any atom is 0.169 e. The minimum Gasteiger partial charge on any atom is -0.508 e. The van der Waals surface area contributed by atoms with Crippen molar-refractivity contribution in [2.24, 2.45) is 0 Å². The van der Waals surface area contributed by atoms with Crippen LogP contribution in [0.25, 0.3) is 0 Å². The highest BCUT2D eigenvalue weighted by molar-refractivity contribution is 9.10. The highest BCUT2D eigenvalue weighted by Crippen LogP contribution is 2.22. The van der Waals surface area contributed by atoms with Gasteiger partial charge in [0, 0.05) is 6.07 Å². The molecule has 1 heterocycles. The van der Waals surface area contributed by atoms with E-state index in [1.165, 1.54) is 0 Å². The number of aryl methyl sites for hydroxylation is 1. The summed E-state index contributed by atoms with van der Waals surface area (Å²) < 4.78 is 11.5. The topological polar surface area (TPSA) is 42.6 Å². The van der Waals surface area contributed by atoms with Crippen molar-refractivity contribution in [3.05, 3.63) is 46.3 Å². The molecular weight excluding hydrogens is 272 g/mol. The smallest absolute Gasteiger partial charge is 0.169 e. The van der Waals surface area contributed by atoms with Crippen molar-refractivity contribution in [3.8, 4) is 11.5 Å². The monoisotopic (exact) mass is 282 g/mol. The summed E-state index contributed by atoms with van der Waals surface area (Å²) in [6.07, 6.45) is 0. The van der Waals surface area contributed by atoms with Crippen LogP contribution in [0.2, 0.25) is 0 Å². The molecule has 0 atom stereocenters. The Morgan fingerprint density at radius 1 is 1.31 bits per heavy atom. The number of hydrogen-bond donors (Lipinski definition) is 1. The van der Waals surface area contributed by atoms with Crippen LogP contribution in [0, 0.1) is 6.92 Å². The molecule has 0 unspecified atom stereocenters. The summed E-state index contributed by atoms with van der Waals surface area (Å²) in [5.74, 6) is 1.56. The highest BCUT2D eigenvalue weighted by atomic mass is 79.9. The molecule has 1 N–H and O–H groups in total. The first kappa shape index (κ1) is 11.1. The Morgan fingerprint density at radius 2 is 2.12 bits per heavy atom. The van der Waals surface area contributed by atoms with E-state index in [2.05, 4.69) is 15.9 Å². The highest BCUT2D eigenvalue weighted by Gasteiger charge is 2.02. The Bertz CT molecular complexity index is 471. The van der Waals surface area contributed by atoms with Gasteiger partial charge in [-0.15, -0.1) is 0 Å². The van der Waals surface area contributed by atoms with E-state index in [9.17, 15) is 5.11 Å². The van der Waals surface area contributed by atoms with E-state index in [0.29, 0.717) is 17.0 Å². The van der Waals surface area contributed by atoms with Gasteiger partial charge >= 0.3 is 0 Å². The van der Waals surface area contributed by atoms with Crippen molar-refractivity contribution in [3.63, 3.8) is 0 Å². The van der Waals surface area contributed by atoms with E-state index in [1.54, 1.807) is 12.1 Å². The lowest BCUT2D eigenvalue weighted by Crippen LogP contribution is -1.93. The summed E-state index contributed by atoms with van der Waals surface area (Å²) in [6, 6.07) is 8.76. The Morgan fingerprint density at radius 3 is 2.75 bits per heavy atom. The Kier molecular flexibility index (Phi) is 3.19. The van der Waals surface area contributed by atoms with Crippen molar-refractivity contribution in [2.45, 2.75) is 13.5 Å². The lowest BCUT2D eigenvalue weighted by molar-refractivity contribution is 0.266. The number of benzene rings is 1. The molecule has 1 aromatic carbocycles. The molecule has 16 heavy (non-hydrogen) atoms. The zero-order valence-electron chi connectivity index (χ0n) is 8.74. The van der Waals surface area contributed by atoms with E-state index in [-0.39, 0.29) is 5.75 Å². The van der Waals surface area contributed by atoms with E-state index < -0.39 is 0 Å². The quantitative estimate of drug-likeness (QED) is 0.935. The predicted molar refractivity (Wildman–Crippen MR) is 63.6 cm³/mol. The first-order chi connectivity index (χ1) is 7.63. The lowest BCUT2D eigenvalue weighted by Gasteiger charge is -2.05. The van der Waals surface area contributed by atoms with Gasteiger partial charge in [0.1, 0.15) is 23.9 Å². The van der Waals surface area contributed by atoms with Crippen molar-refractivity contribution >= 4 is 15.9 Å². The summed E-state index contributed by atoms with van der Waals surface area (Å²) in [5.41, 5.74) is 0.954. The van der Waals surface area contributed by atoms with E-state index in [1.807, 2.05) is 25.1 Å². The second-order valence-corrected chi connectivity index (χ2v) is 4.28. The molecule has 84 valence electrons. The average Bonchev–Trinajstić information content (AvgIpc) is 2.60. The lowest BCUT2D eigenvalue weighted by atomic mass is 10.2. The Labute approximate surface area is 102 Å². The van der Waals surface area contributed by atoms with Crippen LogP contribution < -0.4 is 4.74 Å². The second-order valence-electron chi connectivity index (χ2n) is 3.50. The molecule has 0 fully saturated rings.